The van der Waals surface area contributed by atoms with Crippen LogP contribution < -0.4 is 0 Å². The normalized spacial score (nSPS) is 12.6. The van der Waals surface area contributed by atoms with Crippen molar-refractivity contribution in [2.75, 3.05) is 0 Å². The SMILES string of the molecule is c1ccc(-c2ccccc2-c2nc(-c3ccc(-c4cc5ccccc5o4)cc3)nc(-c3cccc4c3-c3ccccc3C4(c3ccccc3)c3ccccc3)n2)cc1. The lowest BCUT2D eigenvalue weighted by Crippen LogP contribution is -2.28. The van der Waals surface area contributed by atoms with Crippen LogP contribution in [0.25, 0.3) is 78.7 Å². The predicted molar refractivity (Wildman–Crippen MR) is 234 cm³/mol. The third-order valence-electron chi connectivity index (χ3n) is 11.5. The average molecular weight is 742 g/mol. The molecule has 272 valence electrons. The fraction of sp³-hybridized carbons (Fsp3) is 0.0185. The Morgan fingerprint density at radius 3 is 1.57 bits per heavy atom. The van der Waals surface area contributed by atoms with E-state index in [0.717, 1.165) is 55.7 Å². The molecule has 0 fully saturated rings. The summed E-state index contributed by atoms with van der Waals surface area (Å²) in [6.07, 6.45) is 0. The van der Waals surface area contributed by atoms with Crippen LogP contribution in [0.5, 0.6) is 0 Å². The maximum Gasteiger partial charge on any atom is 0.164 e. The van der Waals surface area contributed by atoms with Gasteiger partial charge >= 0.3 is 0 Å². The fourth-order valence-corrected chi connectivity index (χ4v) is 8.88. The van der Waals surface area contributed by atoms with Gasteiger partial charge in [0.15, 0.2) is 17.5 Å². The molecule has 0 atom stereocenters. The molecule has 0 saturated heterocycles. The first-order valence-corrected chi connectivity index (χ1v) is 19.6. The zero-order valence-electron chi connectivity index (χ0n) is 31.5. The lowest BCUT2D eigenvalue weighted by Gasteiger charge is -2.33. The van der Waals surface area contributed by atoms with Gasteiger partial charge in [-0.15, -0.1) is 0 Å². The zero-order chi connectivity index (χ0) is 38.5. The van der Waals surface area contributed by atoms with Crippen LogP contribution in [0, 0.1) is 0 Å². The lowest BCUT2D eigenvalue weighted by atomic mass is 9.67. The fourth-order valence-electron chi connectivity index (χ4n) is 8.88. The van der Waals surface area contributed by atoms with Crippen molar-refractivity contribution in [1.29, 1.82) is 0 Å². The highest BCUT2D eigenvalue weighted by Gasteiger charge is 2.47. The molecule has 0 bridgehead atoms. The minimum absolute atomic E-state index is 0.546. The van der Waals surface area contributed by atoms with Crippen molar-refractivity contribution in [3.63, 3.8) is 0 Å². The maximum absolute atomic E-state index is 6.22. The third kappa shape index (κ3) is 5.41. The summed E-state index contributed by atoms with van der Waals surface area (Å²) in [5.41, 5.74) is 13.4. The van der Waals surface area contributed by atoms with Crippen LogP contribution in [0.3, 0.4) is 0 Å². The number of hydrogen-bond donors (Lipinski definition) is 0. The lowest BCUT2D eigenvalue weighted by molar-refractivity contribution is 0.631. The Labute approximate surface area is 336 Å². The van der Waals surface area contributed by atoms with Gasteiger partial charge in [-0.1, -0.05) is 200 Å². The number of fused-ring (bicyclic) bond motifs is 4. The van der Waals surface area contributed by atoms with E-state index in [0.29, 0.717) is 17.5 Å². The summed E-state index contributed by atoms with van der Waals surface area (Å²) >= 11 is 0. The predicted octanol–water partition coefficient (Wildman–Crippen LogP) is 13.3. The van der Waals surface area contributed by atoms with Gasteiger partial charge in [-0.3, -0.25) is 0 Å². The molecule has 58 heavy (non-hydrogen) atoms. The zero-order valence-corrected chi connectivity index (χ0v) is 31.5. The molecule has 0 aliphatic heterocycles. The van der Waals surface area contributed by atoms with E-state index in [4.69, 9.17) is 19.4 Å². The molecule has 4 nitrogen and oxygen atoms in total. The summed E-state index contributed by atoms with van der Waals surface area (Å²) in [5, 5.41) is 1.07. The molecule has 1 aliphatic carbocycles. The first-order chi connectivity index (χ1) is 28.8. The van der Waals surface area contributed by atoms with Crippen LogP contribution in [0.15, 0.2) is 217 Å². The van der Waals surface area contributed by atoms with Gasteiger partial charge in [0.05, 0.1) is 5.41 Å². The molecular weight excluding hydrogens is 707 g/mol. The quantitative estimate of drug-likeness (QED) is 0.163. The number of rotatable bonds is 7. The summed E-state index contributed by atoms with van der Waals surface area (Å²) in [7, 11) is 0. The smallest absolute Gasteiger partial charge is 0.164 e. The van der Waals surface area contributed by atoms with Crippen LogP contribution in [-0.2, 0) is 5.41 Å². The number of hydrogen-bond acceptors (Lipinski definition) is 4. The van der Waals surface area contributed by atoms with Gasteiger partial charge in [-0.05, 0) is 56.6 Å². The highest BCUT2D eigenvalue weighted by Crippen LogP contribution is 2.58. The van der Waals surface area contributed by atoms with Gasteiger partial charge in [0.1, 0.15) is 11.3 Å². The number of para-hydroxylation sites is 1. The molecule has 4 heteroatoms. The molecule has 0 N–H and O–H groups in total. The first kappa shape index (κ1) is 33.6. The van der Waals surface area contributed by atoms with Gasteiger partial charge in [-0.2, -0.15) is 0 Å². The van der Waals surface area contributed by atoms with Crippen molar-refractivity contribution in [1.82, 2.24) is 15.0 Å². The largest absolute Gasteiger partial charge is 0.456 e. The molecule has 0 radical (unpaired) electrons. The number of furan rings is 1. The molecule has 0 unspecified atom stereocenters. The van der Waals surface area contributed by atoms with Gasteiger partial charge in [0.25, 0.3) is 0 Å². The van der Waals surface area contributed by atoms with Crippen LogP contribution in [0.4, 0.5) is 0 Å². The Kier molecular flexibility index (Phi) is 8.00. The van der Waals surface area contributed by atoms with E-state index in [2.05, 4.69) is 188 Å². The highest BCUT2D eigenvalue weighted by atomic mass is 16.3. The highest BCUT2D eigenvalue weighted by molar-refractivity contribution is 5.95. The molecule has 2 heterocycles. The van der Waals surface area contributed by atoms with Crippen molar-refractivity contribution in [3.8, 4) is 67.7 Å². The Bertz CT molecular complexity index is 3030. The summed E-state index contributed by atoms with van der Waals surface area (Å²) in [6, 6.07) is 74.4. The Morgan fingerprint density at radius 2 is 0.862 bits per heavy atom. The van der Waals surface area contributed by atoms with Crippen LogP contribution in [0.1, 0.15) is 22.3 Å². The Morgan fingerprint density at radius 1 is 0.345 bits per heavy atom. The number of benzene rings is 8. The van der Waals surface area contributed by atoms with Gasteiger partial charge in [-0.25, -0.2) is 15.0 Å². The topological polar surface area (TPSA) is 51.8 Å². The Hall–Kier alpha value is -7.69. The molecule has 10 aromatic rings. The van der Waals surface area contributed by atoms with Gasteiger partial charge in [0.2, 0.25) is 0 Å². The van der Waals surface area contributed by atoms with Gasteiger partial charge in [0, 0.05) is 27.6 Å². The average Bonchev–Trinajstić information content (AvgIpc) is 3.88. The van der Waals surface area contributed by atoms with E-state index >= 15 is 0 Å². The Balaban J connectivity index is 1.14. The molecule has 0 amide bonds. The number of aromatic nitrogens is 3. The van der Waals surface area contributed by atoms with E-state index < -0.39 is 5.41 Å². The van der Waals surface area contributed by atoms with Crippen LogP contribution >= 0.6 is 0 Å². The van der Waals surface area contributed by atoms with Crippen molar-refractivity contribution in [3.05, 3.63) is 235 Å². The van der Waals surface area contributed by atoms with Crippen molar-refractivity contribution in [2.24, 2.45) is 0 Å². The van der Waals surface area contributed by atoms with E-state index in [1.807, 2.05) is 24.3 Å². The molecule has 2 aromatic heterocycles. The molecule has 11 rings (SSSR count). The second-order valence-corrected chi connectivity index (χ2v) is 14.7. The van der Waals surface area contributed by atoms with Crippen molar-refractivity contribution in [2.45, 2.75) is 5.41 Å². The van der Waals surface area contributed by atoms with Crippen LogP contribution in [-0.4, -0.2) is 15.0 Å². The van der Waals surface area contributed by atoms with E-state index in [1.165, 1.54) is 27.8 Å². The van der Waals surface area contributed by atoms with Gasteiger partial charge < -0.3 is 4.42 Å². The summed E-state index contributed by atoms with van der Waals surface area (Å²) < 4.78 is 6.22. The van der Waals surface area contributed by atoms with Crippen molar-refractivity contribution < 1.29 is 4.42 Å². The minimum atomic E-state index is -0.546. The second kappa shape index (κ2) is 13.8. The third-order valence-corrected chi connectivity index (χ3v) is 11.5. The maximum atomic E-state index is 6.22. The molecular formula is C54H35N3O. The summed E-state index contributed by atoms with van der Waals surface area (Å²) in [6.45, 7) is 0. The number of nitrogens with zero attached hydrogens (tertiary/aromatic N) is 3. The van der Waals surface area contributed by atoms with Crippen molar-refractivity contribution >= 4 is 11.0 Å². The van der Waals surface area contributed by atoms with E-state index in [9.17, 15) is 0 Å². The first-order valence-electron chi connectivity index (χ1n) is 19.6. The summed E-state index contributed by atoms with van der Waals surface area (Å²) in [4.78, 5) is 16.0. The molecule has 1 aliphatic rings. The standard InChI is InChI=1S/C54H35N3O/c1-4-17-36(18-5-1)42-24-11-12-25-43(42)52-55-51(38-33-31-37(32-34-38)49-35-39-19-10-15-30-48(39)58-49)56-53(57-52)45-27-16-29-47-50(45)44-26-13-14-28-46(44)54(47,40-20-6-2-7-21-40)41-22-8-3-9-23-41/h1-35H. The van der Waals surface area contributed by atoms with E-state index in [1.54, 1.807) is 0 Å². The molecule has 0 spiro atoms. The van der Waals surface area contributed by atoms with E-state index in [-0.39, 0.29) is 0 Å². The second-order valence-electron chi connectivity index (χ2n) is 14.7. The van der Waals surface area contributed by atoms with Crippen LogP contribution in [0.2, 0.25) is 0 Å². The monoisotopic (exact) mass is 741 g/mol. The molecule has 0 saturated carbocycles. The minimum Gasteiger partial charge on any atom is -0.456 e. The molecule has 8 aromatic carbocycles. The summed E-state index contributed by atoms with van der Waals surface area (Å²) in [5.74, 6) is 2.65.